The van der Waals surface area contributed by atoms with Gasteiger partial charge in [0, 0.05) is 54.9 Å². The molecule has 47 heavy (non-hydrogen) atoms. The lowest BCUT2D eigenvalue weighted by atomic mass is 10.1. The van der Waals surface area contributed by atoms with Gasteiger partial charge in [0.05, 0.1) is 33.1 Å². The minimum atomic E-state index is 0.872. The second-order valence-corrected chi connectivity index (χ2v) is 12.2. The zero-order valence-electron chi connectivity index (χ0n) is 25.4. The van der Waals surface area contributed by atoms with Crippen LogP contribution in [-0.2, 0) is 0 Å². The van der Waals surface area contributed by atoms with Crippen LogP contribution < -0.4 is 0 Å². The van der Waals surface area contributed by atoms with Gasteiger partial charge in [-0.15, -0.1) is 6.42 Å². The normalized spacial score (nSPS) is 11.8. The Morgan fingerprint density at radius 2 is 0.638 bits per heavy atom. The molecule has 3 nitrogen and oxygen atoms in total. The van der Waals surface area contributed by atoms with E-state index in [1.54, 1.807) is 0 Å². The Bertz CT molecular complexity index is 2630. The van der Waals surface area contributed by atoms with Crippen molar-refractivity contribution in [1.82, 2.24) is 13.7 Å². The molecule has 3 aromatic heterocycles. The van der Waals surface area contributed by atoms with Gasteiger partial charge in [-0.05, 0) is 84.9 Å². The standard InChI is InChI=1S/C44H27N3/c1-2-29-19-21-30(22-20-29)45-43-25-23-31(46-39-15-7-3-11-33(39)34-12-4-8-16-40(34)46)27-37(43)38-28-32(24-26-44(38)45)47-41-17-9-5-13-35(41)36-14-6-10-18-42(36)47/h1,3-28H. The molecule has 3 heterocycles. The van der Waals surface area contributed by atoms with Crippen LogP contribution in [0.3, 0.4) is 0 Å². The molecule has 0 aliphatic heterocycles. The molecule has 10 rings (SSSR count). The van der Waals surface area contributed by atoms with Crippen molar-refractivity contribution in [2.75, 3.05) is 0 Å². The summed E-state index contributed by atoms with van der Waals surface area (Å²) >= 11 is 0. The zero-order valence-corrected chi connectivity index (χ0v) is 25.4. The van der Waals surface area contributed by atoms with Crippen LogP contribution >= 0.6 is 0 Å². The highest BCUT2D eigenvalue weighted by Gasteiger charge is 2.18. The van der Waals surface area contributed by atoms with Crippen molar-refractivity contribution in [2.45, 2.75) is 0 Å². The molecule has 0 bridgehead atoms. The van der Waals surface area contributed by atoms with E-state index in [4.69, 9.17) is 6.42 Å². The fraction of sp³-hybridized carbons (Fsp3) is 0. The molecule has 218 valence electrons. The summed E-state index contributed by atoms with van der Waals surface area (Å²) in [6, 6.07) is 56.8. The monoisotopic (exact) mass is 597 g/mol. The third kappa shape index (κ3) is 3.64. The number of nitrogens with zero attached hydrogens (tertiary/aromatic N) is 3. The van der Waals surface area contributed by atoms with E-state index in [0.717, 1.165) is 33.7 Å². The van der Waals surface area contributed by atoms with Crippen LogP contribution in [0.4, 0.5) is 0 Å². The van der Waals surface area contributed by atoms with Gasteiger partial charge < -0.3 is 13.7 Å². The summed E-state index contributed by atoms with van der Waals surface area (Å²) in [5.41, 5.74) is 11.3. The summed E-state index contributed by atoms with van der Waals surface area (Å²) < 4.78 is 7.15. The number of hydrogen-bond donors (Lipinski definition) is 0. The largest absolute Gasteiger partial charge is 0.309 e. The van der Waals surface area contributed by atoms with Gasteiger partial charge in [0.25, 0.3) is 0 Å². The lowest BCUT2D eigenvalue weighted by Crippen LogP contribution is -1.96. The molecule has 0 unspecified atom stereocenters. The molecular formula is C44H27N3. The van der Waals surface area contributed by atoms with Crippen LogP contribution in [0, 0.1) is 12.3 Å². The first-order valence-corrected chi connectivity index (χ1v) is 15.9. The van der Waals surface area contributed by atoms with Gasteiger partial charge in [0.2, 0.25) is 0 Å². The summed E-state index contributed by atoms with van der Waals surface area (Å²) in [5.74, 6) is 2.76. The van der Waals surface area contributed by atoms with Crippen LogP contribution in [0.5, 0.6) is 0 Å². The maximum Gasteiger partial charge on any atom is 0.0542 e. The number of terminal acetylenes is 1. The van der Waals surface area contributed by atoms with E-state index in [1.165, 1.54) is 54.4 Å². The molecule has 0 saturated carbocycles. The highest BCUT2D eigenvalue weighted by Crippen LogP contribution is 2.39. The Morgan fingerprint density at radius 3 is 1.02 bits per heavy atom. The smallest absolute Gasteiger partial charge is 0.0542 e. The maximum absolute atomic E-state index is 5.72. The predicted octanol–water partition coefficient (Wildman–Crippen LogP) is 11.0. The molecule has 0 N–H and O–H groups in total. The predicted molar refractivity (Wildman–Crippen MR) is 197 cm³/mol. The highest BCUT2D eigenvalue weighted by molar-refractivity contribution is 6.14. The van der Waals surface area contributed by atoms with Crippen LogP contribution in [0.15, 0.2) is 158 Å². The van der Waals surface area contributed by atoms with E-state index in [-0.39, 0.29) is 0 Å². The third-order valence-electron chi connectivity index (χ3n) is 9.70. The van der Waals surface area contributed by atoms with Crippen molar-refractivity contribution in [3.05, 3.63) is 163 Å². The average Bonchev–Trinajstić information content (AvgIpc) is 3.77. The van der Waals surface area contributed by atoms with Gasteiger partial charge in [0.15, 0.2) is 0 Å². The number of hydrogen-bond acceptors (Lipinski definition) is 0. The summed E-state index contributed by atoms with van der Waals surface area (Å²) in [4.78, 5) is 0. The van der Waals surface area contributed by atoms with Crippen LogP contribution in [0.2, 0.25) is 0 Å². The van der Waals surface area contributed by atoms with Gasteiger partial charge in [-0.1, -0.05) is 78.7 Å². The van der Waals surface area contributed by atoms with E-state index < -0.39 is 0 Å². The molecular weight excluding hydrogens is 571 g/mol. The van der Waals surface area contributed by atoms with E-state index >= 15 is 0 Å². The number of rotatable bonds is 3. The number of fused-ring (bicyclic) bond motifs is 9. The molecule has 10 aromatic rings. The molecule has 0 aliphatic carbocycles. The van der Waals surface area contributed by atoms with Crippen molar-refractivity contribution >= 4 is 65.4 Å². The summed E-state index contributed by atoms with van der Waals surface area (Å²) in [5, 5.41) is 7.42. The first-order valence-electron chi connectivity index (χ1n) is 15.9. The van der Waals surface area contributed by atoms with Crippen molar-refractivity contribution in [1.29, 1.82) is 0 Å². The summed E-state index contributed by atoms with van der Waals surface area (Å²) in [7, 11) is 0. The minimum Gasteiger partial charge on any atom is -0.309 e. The zero-order chi connectivity index (χ0) is 31.1. The highest BCUT2D eigenvalue weighted by atomic mass is 15.0. The SMILES string of the molecule is C#Cc1ccc(-n2c3ccc(-n4c5ccccc5c5ccccc54)cc3c3cc(-n4c5ccccc5c5ccccc54)ccc32)cc1. The molecule has 0 amide bonds. The lowest BCUT2D eigenvalue weighted by Gasteiger charge is -2.11. The van der Waals surface area contributed by atoms with E-state index in [1.807, 2.05) is 12.1 Å². The lowest BCUT2D eigenvalue weighted by molar-refractivity contribution is 1.16. The number of benzene rings is 7. The van der Waals surface area contributed by atoms with Gasteiger partial charge in [-0.3, -0.25) is 0 Å². The topological polar surface area (TPSA) is 14.8 Å². The Morgan fingerprint density at radius 1 is 0.319 bits per heavy atom. The van der Waals surface area contributed by atoms with Crippen molar-refractivity contribution in [3.8, 4) is 29.4 Å². The fourth-order valence-electron chi connectivity index (χ4n) is 7.66. The van der Waals surface area contributed by atoms with Crippen molar-refractivity contribution < 1.29 is 0 Å². The van der Waals surface area contributed by atoms with Gasteiger partial charge in [-0.2, -0.15) is 0 Å². The summed E-state index contributed by atoms with van der Waals surface area (Å²) in [6.07, 6.45) is 5.72. The Labute approximate surface area is 271 Å². The number of aromatic nitrogens is 3. The second kappa shape index (κ2) is 9.75. The average molecular weight is 598 g/mol. The molecule has 7 aromatic carbocycles. The molecule has 0 radical (unpaired) electrons. The minimum absolute atomic E-state index is 0.872. The molecule has 3 heteroatoms. The summed E-state index contributed by atoms with van der Waals surface area (Å²) in [6.45, 7) is 0. The first kappa shape index (κ1) is 25.8. The fourth-order valence-corrected chi connectivity index (χ4v) is 7.66. The van der Waals surface area contributed by atoms with Gasteiger partial charge in [-0.25, -0.2) is 0 Å². The van der Waals surface area contributed by atoms with Gasteiger partial charge in [0.1, 0.15) is 0 Å². The second-order valence-electron chi connectivity index (χ2n) is 12.2. The molecule has 0 fully saturated rings. The molecule has 0 aliphatic rings. The Hall–Kier alpha value is -6.50. The first-order chi connectivity index (χ1) is 23.3. The molecule has 0 atom stereocenters. The van der Waals surface area contributed by atoms with E-state index in [2.05, 4.69) is 165 Å². The number of para-hydroxylation sites is 4. The van der Waals surface area contributed by atoms with E-state index in [9.17, 15) is 0 Å². The quantitative estimate of drug-likeness (QED) is 0.180. The van der Waals surface area contributed by atoms with Crippen molar-refractivity contribution in [3.63, 3.8) is 0 Å². The van der Waals surface area contributed by atoms with Crippen LogP contribution in [0.1, 0.15) is 5.56 Å². The molecule has 0 spiro atoms. The van der Waals surface area contributed by atoms with Crippen LogP contribution in [0.25, 0.3) is 82.5 Å². The van der Waals surface area contributed by atoms with Gasteiger partial charge >= 0.3 is 0 Å². The third-order valence-corrected chi connectivity index (χ3v) is 9.70. The Kier molecular flexibility index (Phi) is 5.35. The van der Waals surface area contributed by atoms with Crippen LogP contribution in [-0.4, -0.2) is 13.7 Å². The van der Waals surface area contributed by atoms with Crippen molar-refractivity contribution in [2.24, 2.45) is 0 Å². The maximum atomic E-state index is 5.72. The van der Waals surface area contributed by atoms with E-state index in [0.29, 0.717) is 0 Å². The molecule has 0 saturated heterocycles. The Balaban J connectivity index is 1.30.